The number of nitrogens with two attached hydrogens (primary N) is 1. The predicted molar refractivity (Wildman–Crippen MR) is 81.4 cm³/mol. The predicted octanol–water partition coefficient (Wildman–Crippen LogP) is 1.40. The number of likely N-dealkylation sites (N-methyl/N-ethyl adjacent to an activating group) is 1. The van der Waals surface area contributed by atoms with E-state index >= 15 is 0 Å². The van der Waals surface area contributed by atoms with E-state index in [9.17, 15) is 0 Å². The molecule has 0 bridgehead atoms. The Morgan fingerprint density at radius 3 is 2.68 bits per heavy atom. The van der Waals surface area contributed by atoms with E-state index in [0.29, 0.717) is 6.10 Å². The quantitative estimate of drug-likeness (QED) is 0.725. The van der Waals surface area contributed by atoms with Crippen molar-refractivity contribution >= 4 is 0 Å². The van der Waals surface area contributed by atoms with Crippen molar-refractivity contribution in [2.45, 2.75) is 40.2 Å². The van der Waals surface area contributed by atoms with Crippen molar-refractivity contribution in [1.29, 1.82) is 0 Å². The lowest BCUT2D eigenvalue weighted by Gasteiger charge is -2.37. The van der Waals surface area contributed by atoms with Gasteiger partial charge in [-0.15, -0.1) is 0 Å². The molecule has 2 N–H and O–H groups in total. The van der Waals surface area contributed by atoms with Gasteiger partial charge in [0.1, 0.15) is 0 Å². The molecule has 1 saturated heterocycles. The lowest BCUT2D eigenvalue weighted by molar-refractivity contribution is -0.0451. The van der Waals surface area contributed by atoms with E-state index in [-0.39, 0.29) is 5.41 Å². The molecule has 1 heterocycles. The first kappa shape index (κ1) is 16.9. The van der Waals surface area contributed by atoms with Crippen LogP contribution in [0.4, 0.5) is 0 Å². The van der Waals surface area contributed by atoms with Crippen molar-refractivity contribution in [2.75, 3.05) is 52.4 Å². The summed E-state index contributed by atoms with van der Waals surface area (Å²) in [6.45, 7) is 17.1. The summed E-state index contributed by atoms with van der Waals surface area (Å²) in [7, 11) is 0. The van der Waals surface area contributed by atoms with E-state index in [1.165, 1.54) is 6.42 Å². The third-order valence-electron chi connectivity index (χ3n) is 3.88. The normalized spacial score (nSPS) is 22.1. The molecule has 1 aliphatic rings. The molecule has 0 spiro atoms. The highest BCUT2D eigenvalue weighted by Crippen LogP contribution is 2.16. The van der Waals surface area contributed by atoms with E-state index in [1.54, 1.807) is 0 Å². The van der Waals surface area contributed by atoms with Crippen molar-refractivity contribution in [1.82, 2.24) is 9.80 Å². The molecule has 1 atom stereocenters. The average Bonchev–Trinajstić information content (AvgIpc) is 2.39. The molecule has 0 aromatic carbocycles. The second-order valence-electron chi connectivity index (χ2n) is 6.49. The Hall–Kier alpha value is -0.160. The van der Waals surface area contributed by atoms with Crippen molar-refractivity contribution in [3.8, 4) is 0 Å². The fourth-order valence-electron chi connectivity index (χ4n) is 2.69. The fraction of sp³-hybridized carbons (Fsp3) is 1.00. The monoisotopic (exact) mass is 271 g/mol. The average molecular weight is 271 g/mol. The van der Waals surface area contributed by atoms with Crippen LogP contribution >= 0.6 is 0 Å². The van der Waals surface area contributed by atoms with Gasteiger partial charge < -0.3 is 15.4 Å². The van der Waals surface area contributed by atoms with Crippen LogP contribution in [0.2, 0.25) is 0 Å². The molecule has 0 radical (unpaired) electrons. The summed E-state index contributed by atoms with van der Waals surface area (Å²) in [6.07, 6.45) is 1.54. The molecule has 0 aromatic rings. The Morgan fingerprint density at radius 1 is 1.37 bits per heavy atom. The van der Waals surface area contributed by atoms with Gasteiger partial charge in [0.2, 0.25) is 0 Å². The molecule has 4 heteroatoms. The van der Waals surface area contributed by atoms with Gasteiger partial charge in [-0.25, -0.2) is 0 Å². The van der Waals surface area contributed by atoms with Gasteiger partial charge in [-0.1, -0.05) is 27.7 Å². The third-order valence-corrected chi connectivity index (χ3v) is 3.88. The summed E-state index contributed by atoms with van der Waals surface area (Å²) in [5, 5.41) is 0. The molecular formula is C15H33N3O. The number of ether oxygens (including phenoxy) is 1. The first-order chi connectivity index (χ1) is 9.00. The fourth-order valence-corrected chi connectivity index (χ4v) is 2.69. The Kier molecular flexibility index (Phi) is 7.29. The van der Waals surface area contributed by atoms with Crippen LogP contribution in [0.1, 0.15) is 34.1 Å². The van der Waals surface area contributed by atoms with Gasteiger partial charge in [-0.3, -0.25) is 4.90 Å². The number of nitrogens with zero attached hydrogens (tertiary/aromatic N) is 2. The van der Waals surface area contributed by atoms with Crippen molar-refractivity contribution < 1.29 is 4.74 Å². The summed E-state index contributed by atoms with van der Waals surface area (Å²) in [5.74, 6) is 0. The Balaban J connectivity index is 2.48. The third kappa shape index (κ3) is 6.21. The maximum atomic E-state index is 5.92. The van der Waals surface area contributed by atoms with Crippen LogP contribution < -0.4 is 5.73 Å². The first-order valence-electron chi connectivity index (χ1n) is 7.77. The molecule has 0 aliphatic carbocycles. The van der Waals surface area contributed by atoms with Crippen LogP contribution in [0.25, 0.3) is 0 Å². The first-order valence-corrected chi connectivity index (χ1v) is 7.77. The van der Waals surface area contributed by atoms with E-state index in [2.05, 4.69) is 37.5 Å². The molecule has 1 fully saturated rings. The Morgan fingerprint density at radius 2 is 2.11 bits per heavy atom. The largest absolute Gasteiger partial charge is 0.374 e. The number of rotatable bonds is 8. The lowest BCUT2D eigenvalue weighted by atomic mass is 9.93. The van der Waals surface area contributed by atoms with Crippen LogP contribution in [-0.2, 0) is 4.74 Å². The SMILES string of the molecule is CCCN(CC1CN(CC)CCO1)CC(C)(C)CN. The number of hydrogen-bond acceptors (Lipinski definition) is 4. The highest BCUT2D eigenvalue weighted by molar-refractivity contribution is 4.79. The Bertz CT molecular complexity index is 246. The molecule has 4 nitrogen and oxygen atoms in total. The van der Waals surface area contributed by atoms with E-state index in [4.69, 9.17) is 10.5 Å². The van der Waals surface area contributed by atoms with Gasteiger partial charge in [0.25, 0.3) is 0 Å². The molecule has 0 amide bonds. The van der Waals surface area contributed by atoms with Crippen LogP contribution in [0.3, 0.4) is 0 Å². The molecular weight excluding hydrogens is 238 g/mol. The summed E-state index contributed by atoms with van der Waals surface area (Å²) in [4.78, 5) is 5.00. The molecule has 114 valence electrons. The number of hydrogen-bond donors (Lipinski definition) is 1. The van der Waals surface area contributed by atoms with E-state index in [0.717, 1.165) is 52.4 Å². The summed E-state index contributed by atoms with van der Waals surface area (Å²) < 4.78 is 5.92. The zero-order valence-electron chi connectivity index (χ0n) is 13.3. The second kappa shape index (κ2) is 8.20. The number of morpholine rings is 1. The molecule has 1 aliphatic heterocycles. The van der Waals surface area contributed by atoms with Gasteiger partial charge >= 0.3 is 0 Å². The smallest absolute Gasteiger partial charge is 0.0829 e. The molecule has 1 rings (SSSR count). The second-order valence-corrected chi connectivity index (χ2v) is 6.49. The molecule has 1 unspecified atom stereocenters. The maximum absolute atomic E-state index is 5.92. The van der Waals surface area contributed by atoms with Gasteiger partial charge in [0.05, 0.1) is 12.7 Å². The van der Waals surface area contributed by atoms with Gasteiger partial charge in [0, 0.05) is 26.2 Å². The minimum atomic E-state index is 0.189. The van der Waals surface area contributed by atoms with Crippen LogP contribution in [-0.4, -0.2) is 68.3 Å². The van der Waals surface area contributed by atoms with Crippen LogP contribution in [0, 0.1) is 5.41 Å². The highest BCUT2D eigenvalue weighted by Gasteiger charge is 2.25. The van der Waals surface area contributed by atoms with Crippen molar-refractivity contribution in [2.24, 2.45) is 11.1 Å². The summed E-state index contributed by atoms with van der Waals surface area (Å²) in [5.41, 5.74) is 6.05. The minimum Gasteiger partial charge on any atom is -0.374 e. The minimum absolute atomic E-state index is 0.189. The summed E-state index contributed by atoms with van der Waals surface area (Å²) >= 11 is 0. The maximum Gasteiger partial charge on any atom is 0.0829 e. The Labute approximate surface area is 119 Å². The molecule has 0 aromatic heterocycles. The van der Waals surface area contributed by atoms with Crippen molar-refractivity contribution in [3.05, 3.63) is 0 Å². The highest BCUT2D eigenvalue weighted by atomic mass is 16.5. The van der Waals surface area contributed by atoms with Gasteiger partial charge in [0.15, 0.2) is 0 Å². The molecule has 19 heavy (non-hydrogen) atoms. The standard InChI is InChI=1S/C15H33N3O/c1-5-7-18(13-15(3,4)12-16)11-14-10-17(6-2)8-9-19-14/h14H,5-13,16H2,1-4H3. The van der Waals surface area contributed by atoms with E-state index in [1.807, 2.05) is 0 Å². The van der Waals surface area contributed by atoms with Crippen LogP contribution in [0.15, 0.2) is 0 Å². The zero-order chi connectivity index (χ0) is 14.3. The topological polar surface area (TPSA) is 41.7 Å². The summed E-state index contributed by atoms with van der Waals surface area (Å²) in [6, 6.07) is 0. The van der Waals surface area contributed by atoms with Gasteiger partial charge in [-0.2, -0.15) is 0 Å². The zero-order valence-corrected chi connectivity index (χ0v) is 13.3. The van der Waals surface area contributed by atoms with E-state index < -0.39 is 0 Å². The lowest BCUT2D eigenvalue weighted by Crippen LogP contribution is -2.49. The van der Waals surface area contributed by atoms with Crippen molar-refractivity contribution in [3.63, 3.8) is 0 Å². The molecule has 0 saturated carbocycles. The van der Waals surface area contributed by atoms with Gasteiger partial charge in [-0.05, 0) is 31.5 Å². The van der Waals surface area contributed by atoms with Crippen LogP contribution in [0.5, 0.6) is 0 Å².